The molecule has 0 fully saturated rings. The molecule has 76 valence electrons. The highest BCUT2D eigenvalue weighted by Gasteiger charge is 2.13. The highest BCUT2D eigenvalue weighted by atomic mass is 15.0. The van der Waals surface area contributed by atoms with Gasteiger partial charge in [-0.3, -0.25) is 4.99 Å². The molecule has 0 radical (unpaired) electrons. The van der Waals surface area contributed by atoms with Gasteiger partial charge in [0.1, 0.15) is 5.49 Å². The van der Waals surface area contributed by atoms with Crippen molar-refractivity contribution in [2.75, 3.05) is 7.05 Å². The largest absolute Gasteiger partial charge is 0.309 e. The minimum Gasteiger partial charge on any atom is -0.309 e. The lowest BCUT2D eigenvalue weighted by Gasteiger charge is -2.19. The van der Waals surface area contributed by atoms with Crippen molar-refractivity contribution in [1.29, 1.82) is 0 Å². The number of hydrogen-bond donors (Lipinski definition) is 0. The first kappa shape index (κ1) is 10.8. The first-order chi connectivity index (χ1) is 6.49. The van der Waals surface area contributed by atoms with Crippen LogP contribution >= 0.6 is 0 Å². The Balaban J connectivity index is 3.36. The summed E-state index contributed by atoms with van der Waals surface area (Å²) in [4.78, 5) is 4.16. The fraction of sp³-hybridized carbons (Fsp3) is 0.417. The van der Waals surface area contributed by atoms with E-state index in [9.17, 15) is 0 Å². The van der Waals surface area contributed by atoms with Crippen LogP contribution in [0.1, 0.15) is 26.3 Å². The summed E-state index contributed by atoms with van der Waals surface area (Å²) in [6.07, 6.45) is 3.85. The highest BCUT2D eigenvalue weighted by molar-refractivity contribution is 5.25. The number of hydrogen-bond acceptors (Lipinski definition) is 1. The predicted molar refractivity (Wildman–Crippen MR) is 61.0 cm³/mol. The van der Waals surface area contributed by atoms with Crippen molar-refractivity contribution in [3.05, 3.63) is 36.0 Å². The third kappa shape index (κ3) is 2.13. The van der Waals surface area contributed by atoms with Crippen LogP contribution in [-0.2, 0) is 5.41 Å². The highest BCUT2D eigenvalue weighted by Crippen LogP contribution is 2.20. The van der Waals surface area contributed by atoms with Crippen molar-refractivity contribution in [1.82, 2.24) is 4.57 Å². The fourth-order valence-corrected chi connectivity index (χ4v) is 1.29. The molecular weight excluding hydrogens is 172 g/mol. The number of pyridine rings is 1. The molecule has 0 unspecified atom stereocenters. The fourth-order valence-electron chi connectivity index (χ4n) is 1.29. The van der Waals surface area contributed by atoms with Crippen molar-refractivity contribution in [2.45, 2.75) is 26.2 Å². The Hall–Kier alpha value is -1.31. The van der Waals surface area contributed by atoms with E-state index in [1.807, 2.05) is 10.6 Å². The normalized spacial score (nSPS) is 13.0. The maximum absolute atomic E-state index is 4.16. The average molecular weight is 190 g/mol. The Kier molecular flexibility index (Phi) is 2.94. The van der Waals surface area contributed by atoms with E-state index in [4.69, 9.17) is 0 Å². The first-order valence-corrected chi connectivity index (χ1v) is 4.77. The lowest BCUT2D eigenvalue weighted by Crippen LogP contribution is -2.20. The molecule has 14 heavy (non-hydrogen) atoms. The maximum atomic E-state index is 4.16. The lowest BCUT2D eigenvalue weighted by atomic mass is 9.88. The van der Waals surface area contributed by atoms with Gasteiger partial charge in [-0.1, -0.05) is 33.4 Å². The second-order valence-corrected chi connectivity index (χ2v) is 4.34. The zero-order valence-electron chi connectivity index (χ0n) is 9.41. The smallest absolute Gasteiger partial charge is 0.131 e. The van der Waals surface area contributed by atoms with E-state index in [1.165, 1.54) is 5.56 Å². The third-order valence-electron chi connectivity index (χ3n) is 2.25. The van der Waals surface area contributed by atoms with Gasteiger partial charge >= 0.3 is 0 Å². The van der Waals surface area contributed by atoms with Crippen LogP contribution in [0.5, 0.6) is 0 Å². The van der Waals surface area contributed by atoms with E-state index in [0.29, 0.717) is 0 Å². The van der Waals surface area contributed by atoms with Crippen LogP contribution in [0.3, 0.4) is 0 Å². The molecule has 1 heterocycles. The molecule has 0 aromatic carbocycles. The van der Waals surface area contributed by atoms with E-state index in [0.717, 1.165) is 5.49 Å². The van der Waals surface area contributed by atoms with Gasteiger partial charge in [0.2, 0.25) is 0 Å². The van der Waals surface area contributed by atoms with E-state index >= 15 is 0 Å². The summed E-state index contributed by atoms with van der Waals surface area (Å²) < 4.78 is 1.95. The van der Waals surface area contributed by atoms with E-state index in [1.54, 1.807) is 13.2 Å². The van der Waals surface area contributed by atoms with Crippen LogP contribution in [0, 0.1) is 0 Å². The lowest BCUT2D eigenvalue weighted by molar-refractivity contribution is 0.584. The molecule has 0 aliphatic carbocycles. The van der Waals surface area contributed by atoms with Crippen LogP contribution in [0.4, 0.5) is 0 Å². The third-order valence-corrected chi connectivity index (χ3v) is 2.25. The maximum Gasteiger partial charge on any atom is 0.131 e. The summed E-state index contributed by atoms with van der Waals surface area (Å²) in [5.74, 6) is 0. The Bertz CT molecular complexity index is 392. The summed E-state index contributed by atoms with van der Waals surface area (Å²) in [5.41, 5.74) is 2.37. The molecule has 0 bridgehead atoms. The van der Waals surface area contributed by atoms with Gasteiger partial charge in [0.15, 0.2) is 0 Å². The molecule has 0 saturated heterocycles. The quantitative estimate of drug-likeness (QED) is 0.647. The molecule has 0 N–H and O–H groups in total. The molecule has 0 aliphatic rings. The molecular formula is C12H18N2. The van der Waals surface area contributed by atoms with Gasteiger partial charge in [0.25, 0.3) is 0 Å². The Labute approximate surface area is 85.6 Å². The molecule has 2 nitrogen and oxygen atoms in total. The van der Waals surface area contributed by atoms with Gasteiger partial charge in [0.05, 0.1) is 0 Å². The summed E-state index contributed by atoms with van der Waals surface area (Å²) in [7, 11) is 1.78. The van der Waals surface area contributed by atoms with Crippen molar-refractivity contribution in [3.63, 3.8) is 0 Å². The van der Waals surface area contributed by atoms with Crippen LogP contribution in [0.15, 0.2) is 29.9 Å². The number of rotatable bonds is 1. The van der Waals surface area contributed by atoms with Crippen molar-refractivity contribution in [2.24, 2.45) is 4.99 Å². The van der Waals surface area contributed by atoms with Gasteiger partial charge in [-0.25, -0.2) is 0 Å². The van der Waals surface area contributed by atoms with Crippen LogP contribution < -0.4 is 5.49 Å². The zero-order chi connectivity index (χ0) is 10.8. The number of aromatic nitrogens is 1. The second-order valence-electron chi connectivity index (χ2n) is 4.34. The molecule has 2 heteroatoms. The van der Waals surface area contributed by atoms with Crippen molar-refractivity contribution in [3.8, 4) is 0 Å². The number of nitrogens with zero attached hydrogens (tertiary/aromatic N) is 2. The average Bonchev–Trinajstić information content (AvgIpc) is 2.15. The zero-order valence-corrected chi connectivity index (χ0v) is 9.41. The molecule has 0 aliphatic heterocycles. The van der Waals surface area contributed by atoms with Crippen LogP contribution in [-0.4, -0.2) is 11.6 Å². The standard InChI is InChI=1S/C12H18N2/c1-6-14-9-10(12(2,3)4)7-8-11(14)13-5/h6-9H,1H2,2-5H3. The van der Waals surface area contributed by atoms with Gasteiger partial charge in [-0.15, -0.1) is 0 Å². The topological polar surface area (TPSA) is 17.3 Å². The van der Waals surface area contributed by atoms with E-state index in [-0.39, 0.29) is 5.41 Å². The minimum absolute atomic E-state index is 0.164. The Morgan fingerprint density at radius 2 is 2.00 bits per heavy atom. The van der Waals surface area contributed by atoms with Gasteiger partial charge in [-0.05, 0) is 17.0 Å². The van der Waals surface area contributed by atoms with E-state index in [2.05, 4.69) is 44.6 Å². The summed E-state index contributed by atoms with van der Waals surface area (Å²) in [6.45, 7) is 10.3. The predicted octanol–water partition coefficient (Wildman–Crippen LogP) is 2.42. The summed E-state index contributed by atoms with van der Waals surface area (Å²) in [5, 5.41) is 0. The van der Waals surface area contributed by atoms with Crippen LogP contribution in [0.2, 0.25) is 0 Å². The second kappa shape index (κ2) is 3.82. The van der Waals surface area contributed by atoms with E-state index < -0.39 is 0 Å². The molecule has 1 aromatic rings. The monoisotopic (exact) mass is 190 g/mol. The van der Waals surface area contributed by atoms with Crippen LogP contribution in [0.25, 0.3) is 6.20 Å². The molecule has 0 spiro atoms. The molecule has 0 atom stereocenters. The summed E-state index contributed by atoms with van der Waals surface area (Å²) in [6, 6.07) is 4.13. The molecule has 1 aromatic heterocycles. The minimum atomic E-state index is 0.164. The van der Waals surface area contributed by atoms with Gasteiger partial charge in [0, 0.05) is 19.4 Å². The first-order valence-electron chi connectivity index (χ1n) is 4.77. The van der Waals surface area contributed by atoms with Gasteiger partial charge in [-0.2, -0.15) is 0 Å². The summed E-state index contributed by atoms with van der Waals surface area (Å²) >= 11 is 0. The Morgan fingerprint density at radius 3 is 2.43 bits per heavy atom. The molecule has 0 amide bonds. The van der Waals surface area contributed by atoms with Gasteiger partial charge < -0.3 is 4.57 Å². The molecule has 1 rings (SSSR count). The SMILES string of the molecule is C=Cn1cc(C(C)(C)C)ccc1=NC. The van der Waals surface area contributed by atoms with Crippen molar-refractivity contribution < 1.29 is 0 Å². The molecule has 0 saturated carbocycles. The van der Waals surface area contributed by atoms with Crippen molar-refractivity contribution >= 4 is 6.20 Å². The Morgan fingerprint density at radius 1 is 1.36 bits per heavy atom.